The van der Waals surface area contributed by atoms with Gasteiger partial charge in [-0.05, 0) is 44.4 Å². The van der Waals surface area contributed by atoms with E-state index in [9.17, 15) is 13.6 Å². The Morgan fingerprint density at radius 2 is 1.83 bits per heavy atom. The van der Waals surface area contributed by atoms with Crippen LogP contribution in [0.3, 0.4) is 0 Å². The highest BCUT2D eigenvalue weighted by atomic mass is 19.3. The summed E-state index contributed by atoms with van der Waals surface area (Å²) in [5, 5.41) is 2.85. The molecule has 30 heavy (non-hydrogen) atoms. The second-order valence-electron chi connectivity index (χ2n) is 7.97. The van der Waals surface area contributed by atoms with Gasteiger partial charge in [0.05, 0.1) is 0 Å². The van der Waals surface area contributed by atoms with Crippen LogP contribution in [0.1, 0.15) is 31.7 Å². The molecule has 4 heterocycles. The molecular formula is C21H21F2N3O4. The number of pyridine rings is 1. The molecule has 1 amide bonds. The molecule has 0 radical (unpaired) electrons. The first-order valence-corrected chi connectivity index (χ1v) is 9.95. The smallest absolute Gasteiger partial charge is 0.492 e. The summed E-state index contributed by atoms with van der Waals surface area (Å²) < 4.78 is 41.4. The van der Waals surface area contributed by atoms with Crippen molar-refractivity contribution in [2.75, 3.05) is 29.9 Å². The number of hydrogen-bond donors (Lipinski definition) is 1. The molecule has 1 aromatic carbocycles. The normalized spacial score (nSPS) is 23.6. The van der Waals surface area contributed by atoms with E-state index in [0.29, 0.717) is 17.1 Å². The topological polar surface area (TPSA) is 72.9 Å². The predicted molar refractivity (Wildman–Crippen MR) is 104 cm³/mol. The number of benzene rings is 1. The molecule has 3 aliphatic heterocycles. The molecule has 1 aromatic heterocycles. The van der Waals surface area contributed by atoms with Crippen LogP contribution in [0, 0.1) is 0 Å². The SMILES string of the molecule is C[C@]1(C(=O)Nc2cccc(N3CCCCC3)n2)COc2cc3c(cc21)OC(F)(F)O3. The molecule has 7 nitrogen and oxygen atoms in total. The molecule has 0 saturated carbocycles. The Morgan fingerprint density at radius 3 is 2.60 bits per heavy atom. The van der Waals surface area contributed by atoms with E-state index in [1.165, 1.54) is 18.6 Å². The first-order valence-electron chi connectivity index (χ1n) is 9.95. The van der Waals surface area contributed by atoms with Gasteiger partial charge in [-0.3, -0.25) is 4.79 Å². The van der Waals surface area contributed by atoms with Gasteiger partial charge in [0.2, 0.25) is 5.91 Å². The van der Waals surface area contributed by atoms with E-state index in [2.05, 4.69) is 24.7 Å². The van der Waals surface area contributed by atoms with E-state index >= 15 is 0 Å². The van der Waals surface area contributed by atoms with Crippen molar-refractivity contribution in [1.29, 1.82) is 0 Å². The van der Waals surface area contributed by atoms with Gasteiger partial charge >= 0.3 is 6.29 Å². The Hall–Kier alpha value is -3.10. The number of halogens is 2. The second kappa shape index (κ2) is 6.72. The minimum Gasteiger partial charge on any atom is -0.492 e. The van der Waals surface area contributed by atoms with Crippen molar-refractivity contribution in [2.24, 2.45) is 0 Å². The lowest BCUT2D eigenvalue weighted by Gasteiger charge is -2.28. The fourth-order valence-corrected chi connectivity index (χ4v) is 4.06. The van der Waals surface area contributed by atoms with Crippen molar-refractivity contribution in [2.45, 2.75) is 37.9 Å². The van der Waals surface area contributed by atoms with Crippen LogP contribution in [-0.4, -0.2) is 36.9 Å². The highest BCUT2D eigenvalue weighted by Gasteiger charge is 2.49. The molecule has 1 atom stereocenters. The third-order valence-corrected chi connectivity index (χ3v) is 5.77. The Kier molecular flexibility index (Phi) is 4.23. The predicted octanol–water partition coefficient (Wildman–Crippen LogP) is 3.68. The molecule has 0 aliphatic carbocycles. The summed E-state index contributed by atoms with van der Waals surface area (Å²) in [7, 11) is 0. The zero-order chi connectivity index (χ0) is 20.9. The van der Waals surface area contributed by atoms with E-state index in [0.717, 1.165) is 31.7 Å². The van der Waals surface area contributed by atoms with Gasteiger partial charge < -0.3 is 24.4 Å². The standard InChI is InChI=1S/C21H21F2N3O4/c1-20(12-28-14-11-16-15(10-13(14)20)29-21(22,23)30-16)19(27)25-17-6-5-7-18(24-17)26-8-3-2-4-9-26/h5-7,10-11H,2-4,8-9,12H2,1H3,(H,24,25,27)/t20-/m0/s1. The molecule has 158 valence electrons. The van der Waals surface area contributed by atoms with Gasteiger partial charge in [-0.15, -0.1) is 8.78 Å². The maximum atomic E-state index is 13.4. The summed E-state index contributed by atoms with van der Waals surface area (Å²) >= 11 is 0. The van der Waals surface area contributed by atoms with Gasteiger partial charge in [-0.2, -0.15) is 0 Å². The van der Waals surface area contributed by atoms with Crippen molar-refractivity contribution in [1.82, 2.24) is 4.98 Å². The molecule has 1 N–H and O–H groups in total. The minimum absolute atomic E-state index is 0.0687. The molecule has 1 fully saturated rings. The van der Waals surface area contributed by atoms with E-state index in [1.807, 2.05) is 12.1 Å². The van der Waals surface area contributed by atoms with Crippen molar-refractivity contribution in [3.63, 3.8) is 0 Å². The Balaban J connectivity index is 1.38. The molecule has 2 aromatic rings. The first-order chi connectivity index (χ1) is 14.3. The number of amides is 1. The summed E-state index contributed by atoms with van der Waals surface area (Å²) in [6, 6.07) is 8.23. The van der Waals surface area contributed by atoms with Crippen LogP contribution in [0.15, 0.2) is 30.3 Å². The van der Waals surface area contributed by atoms with Crippen molar-refractivity contribution in [3.05, 3.63) is 35.9 Å². The number of anilines is 2. The third kappa shape index (κ3) is 3.18. The average Bonchev–Trinajstić information content (AvgIpc) is 3.22. The highest BCUT2D eigenvalue weighted by Crippen LogP contribution is 2.50. The number of nitrogens with zero attached hydrogens (tertiary/aromatic N) is 2. The number of alkyl halides is 2. The van der Waals surface area contributed by atoms with Crippen LogP contribution in [0.25, 0.3) is 0 Å². The Labute approximate surface area is 171 Å². The summed E-state index contributed by atoms with van der Waals surface area (Å²) in [5.74, 6) is 1.02. The van der Waals surface area contributed by atoms with Crippen molar-refractivity contribution < 1.29 is 27.8 Å². The fraction of sp³-hybridized carbons (Fsp3) is 0.429. The molecule has 0 bridgehead atoms. The number of carbonyl (C=O) groups is 1. The summed E-state index contributed by atoms with van der Waals surface area (Å²) in [6.07, 6.45) is -0.261. The summed E-state index contributed by atoms with van der Waals surface area (Å²) in [4.78, 5) is 19.9. The largest absolute Gasteiger partial charge is 0.586 e. The fourth-order valence-electron chi connectivity index (χ4n) is 4.06. The number of nitrogens with one attached hydrogen (secondary N) is 1. The van der Waals surface area contributed by atoms with Crippen molar-refractivity contribution in [3.8, 4) is 17.2 Å². The number of rotatable bonds is 3. The van der Waals surface area contributed by atoms with E-state index in [1.54, 1.807) is 13.0 Å². The number of piperidine rings is 1. The molecular weight excluding hydrogens is 396 g/mol. The molecule has 0 unspecified atom stereocenters. The first kappa shape index (κ1) is 18.9. The van der Waals surface area contributed by atoms with Gasteiger partial charge in [0.25, 0.3) is 0 Å². The van der Waals surface area contributed by atoms with Gasteiger partial charge in [0.1, 0.15) is 29.4 Å². The zero-order valence-electron chi connectivity index (χ0n) is 16.4. The zero-order valence-corrected chi connectivity index (χ0v) is 16.4. The number of hydrogen-bond acceptors (Lipinski definition) is 6. The van der Waals surface area contributed by atoms with Crippen LogP contribution in [0.2, 0.25) is 0 Å². The van der Waals surface area contributed by atoms with Crippen LogP contribution in [-0.2, 0) is 10.2 Å². The maximum Gasteiger partial charge on any atom is 0.586 e. The van der Waals surface area contributed by atoms with E-state index in [-0.39, 0.29) is 24.0 Å². The number of carbonyl (C=O) groups excluding carboxylic acids is 1. The lowest BCUT2D eigenvalue weighted by atomic mass is 9.83. The number of aromatic nitrogens is 1. The van der Waals surface area contributed by atoms with Crippen LogP contribution in [0.4, 0.5) is 20.4 Å². The van der Waals surface area contributed by atoms with Crippen LogP contribution in [0.5, 0.6) is 17.2 Å². The van der Waals surface area contributed by atoms with Crippen molar-refractivity contribution >= 4 is 17.5 Å². The Bertz CT molecular complexity index is 1010. The third-order valence-electron chi connectivity index (χ3n) is 5.77. The molecule has 3 aliphatic rings. The Morgan fingerprint density at radius 1 is 1.10 bits per heavy atom. The molecule has 9 heteroatoms. The van der Waals surface area contributed by atoms with Gasteiger partial charge in [0.15, 0.2) is 11.5 Å². The number of ether oxygens (including phenoxy) is 3. The molecule has 5 rings (SSSR count). The van der Waals surface area contributed by atoms with Gasteiger partial charge in [-0.1, -0.05) is 6.07 Å². The quantitative estimate of drug-likeness (QED) is 0.822. The lowest BCUT2D eigenvalue weighted by Crippen LogP contribution is -2.39. The highest BCUT2D eigenvalue weighted by molar-refractivity contribution is 5.99. The monoisotopic (exact) mass is 417 g/mol. The second-order valence-corrected chi connectivity index (χ2v) is 7.97. The summed E-state index contributed by atoms with van der Waals surface area (Å²) in [5.41, 5.74) is -0.624. The van der Waals surface area contributed by atoms with E-state index in [4.69, 9.17) is 4.74 Å². The number of fused-ring (bicyclic) bond motifs is 2. The van der Waals surface area contributed by atoms with Gasteiger partial charge in [0, 0.05) is 24.7 Å². The maximum absolute atomic E-state index is 13.4. The lowest BCUT2D eigenvalue weighted by molar-refractivity contribution is -0.286. The van der Waals surface area contributed by atoms with E-state index < -0.39 is 11.7 Å². The molecule has 1 saturated heterocycles. The minimum atomic E-state index is -3.73. The average molecular weight is 417 g/mol. The van der Waals surface area contributed by atoms with Crippen LogP contribution < -0.4 is 24.4 Å². The summed E-state index contributed by atoms with van der Waals surface area (Å²) in [6.45, 7) is 3.66. The van der Waals surface area contributed by atoms with Crippen LogP contribution >= 0.6 is 0 Å². The molecule has 0 spiro atoms. The van der Waals surface area contributed by atoms with Gasteiger partial charge in [-0.25, -0.2) is 4.98 Å².